The van der Waals surface area contributed by atoms with Crippen molar-refractivity contribution in [1.82, 2.24) is 9.55 Å². The highest BCUT2D eigenvalue weighted by Gasteiger charge is 2.16. The van der Waals surface area contributed by atoms with Crippen LogP contribution in [0, 0.1) is 0 Å². The van der Waals surface area contributed by atoms with Crippen LogP contribution in [0.2, 0.25) is 10.0 Å². The molecular weight excluding hydrogens is 393 g/mol. The van der Waals surface area contributed by atoms with Crippen LogP contribution in [0.1, 0.15) is 10.4 Å². The number of hydrogen-bond acceptors (Lipinski definition) is 4. The van der Waals surface area contributed by atoms with Crippen molar-refractivity contribution < 1.29 is 9.53 Å². The summed E-state index contributed by atoms with van der Waals surface area (Å²) in [6.45, 7) is 0. The molecule has 27 heavy (non-hydrogen) atoms. The monoisotopic (exact) mass is 405 g/mol. The first kappa shape index (κ1) is 18.8. The van der Waals surface area contributed by atoms with E-state index < -0.39 is 17.2 Å². The Morgan fingerprint density at radius 2 is 1.70 bits per heavy atom. The second kappa shape index (κ2) is 7.69. The van der Waals surface area contributed by atoms with Crippen LogP contribution in [0.4, 0.5) is 5.69 Å². The summed E-state index contributed by atoms with van der Waals surface area (Å²) in [5.41, 5.74) is -1.08. The Morgan fingerprint density at radius 3 is 2.30 bits per heavy atom. The zero-order valence-electron chi connectivity index (χ0n) is 14.0. The first-order valence-corrected chi connectivity index (χ1v) is 8.41. The highest BCUT2D eigenvalue weighted by Crippen LogP contribution is 2.22. The Labute approximate surface area is 163 Å². The van der Waals surface area contributed by atoms with Gasteiger partial charge in [0.2, 0.25) is 0 Å². The molecule has 7 nitrogen and oxygen atoms in total. The fraction of sp³-hybridized carbons (Fsp3) is 0.0556. The molecule has 0 unspecified atom stereocenters. The van der Waals surface area contributed by atoms with E-state index in [0.717, 1.165) is 10.8 Å². The van der Waals surface area contributed by atoms with E-state index in [4.69, 9.17) is 27.9 Å². The molecule has 9 heteroatoms. The molecule has 0 aliphatic rings. The highest BCUT2D eigenvalue weighted by atomic mass is 35.5. The van der Waals surface area contributed by atoms with Crippen LogP contribution in [-0.2, 0) is 0 Å². The summed E-state index contributed by atoms with van der Waals surface area (Å²) in [6, 6.07) is 10.7. The van der Waals surface area contributed by atoms with Crippen LogP contribution in [0.25, 0.3) is 5.69 Å². The van der Waals surface area contributed by atoms with Crippen molar-refractivity contribution in [3.05, 3.63) is 85.1 Å². The largest absolute Gasteiger partial charge is 0.497 e. The maximum Gasteiger partial charge on any atom is 0.333 e. The number of anilines is 1. The minimum absolute atomic E-state index is 0.249. The molecule has 0 radical (unpaired) electrons. The van der Waals surface area contributed by atoms with Gasteiger partial charge in [-0.2, -0.15) is 0 Å². The van der Waals surface area contributed by atoms with Gasteiger partial charge in [-0.3, -0.25) is 9.59 Å². The lowest BCUT2D eigenvalue weighted by molar-refractivity contribution is 0.102. The molecule has 3 rings (SSSR count). The SMILES string of the molecule is COc1ccc(-n2c(=O)[nH]cc(C(=O)Nc3cc(Cl)cc(Cl)c3)c2=O)cc1. The molecule has 0 saturated carbocycles. The Kier molecular flexibility index (Phi) is 5.34. The van der Waals surface area contributed by atoms with Crippen molar-refractivity contribution in [2.75, 3.05) is 12.4 Å². The predicted octanol–water partition coefficient (Wildman–Crippen LogP) is 3.09. The molecule has 0 atom stereocenters. The molecule has 0 fully saturated rings. The molecular formula is C18H13Cl2N3O4. The van der Waals surface area contributed by atoms with Crippen molar-refractivity contribution in [3.8, 4) is 11.4 Å². The second-order valence-electron chi connectivity index (χ2n) is 5.46. The number of aromatic nitrogens is 2. The Hall–Kier alpha value is -3.03. The zero-order valence-corrected chi connectivity index (χ0v) is 15.5. The van der Waals surface area contributed by atoms with Gasteiger partial charge in [-0.25, -0.2) is 9.36 Å². The molecule has 0 spiro atoms. The third-order valence-electron chi connectivity index (χ3n) is 3.67. The lowest BCUT2D eigenvalue weighted by Crippen LogP contribution is -2.38. The van der Waals surface area contributed by atoms with Crippen molar-refractivity contribution >= 4 is 34.8 Å². The molecule has 3 aromatic rings. The number of methoxy groups -OCH3 is 1. The Morgan fingerprint density at radius 1 is 1.07 bits per heavy atom. The standard InChI is InChI=1S/C18H13Cl2N3O4/c1-27-14-4-2-13(3-5-14)23-17(25)15(9-21-18(23)26)16(24)22-12-7-10(19)6-11(20)8-12/h2-9H,1H3,(H,21,26)(H,22,24). The third-order valence-corrected chi connectivity index (χ3v) is 4.11. The van der Waals surface area contributed by atoms with Gasteiger partial charge in [0, 0.05) is 21.9 Å². The average Bonchev–Trinajstić information content (AvgIpc) is 2.61. The van der Waals surface area contributed by atoms with E-state index in [2.05, 4.69) is 10.3 Å². The van der Waals surface area contributed by atoms with Gasteiger partial charge in [-0.15, -0.1) is 0 Å². The Bertz CT molecular complexity index is 1100. The zero-order chi connectivity index (χ0) is 19.6. The molecule has 1 aromatic heterocycles. The topological polar surface area (TPSA) is 93.2 Å². The Balaban J connectivity index is 2.00. The van der Waals surface area contributed by atoms with E-state index in [1.807, 2.05) is 0 Å². The third kappa shape index (κ3) is 4.05. The summed E-state index contributed by atoms with van der Waals surface area (Å²) < 4.78 is 5.91. The van der Waals surface area contributed by atoms with Gasteiger partial charge in [0.1, 0.15) is 11.3 Å². The van der Waals surface area contributed by atoms with Crippen LogP contribution in [0.15, 0.2) is 58.3 Å². The smallest absolute Gasteiger partial charge is 0.333 e. The fourth-order valence-corrected chi connectivity index (χ4v) is 2.95. The van der Waals surface area contributed by atoms with E-state index >= 15 is 0 Å². The maximum absolute atomic E-state index is 12.7. The van der Waals surface area contributed by atoms with E-state index in [0.29, 0.717) is 27.2 Å². The average molecular weight is 406 g/mol. The lowest BCUT2D eigenvalue weighted by atomic mass is 10.2. The van der Waals surface area contributed by atoms with E-state index in [-0.39, 0.29) is 5.56 Å². The first-order chi connectivity index (χ1) is 12.9. The van der Waals surface area contributed by atoms with Crippen LogP contribution in [0.3, 0.4) is 0 Å². The van der Waals surface area contributed by atoms with Crippen LogP contribution >= 0.6 is 23.2 Å². The number of halogens is 2. The quantitative estimate of drug-likeness (QED) is 0.697. The molecule has 1 heterocycles. The normalized spacial score (nSPS) is 10.5. The van der Waals surface area contributed by atoms with Gasteiger partial charge in [0.05, 0.1) is 12.8 Å². The van der Waals surface area contributed by atoms with E-state index in [1.165, 1.54) is 37.4 Å². The number of hydrogen-bond donors (Lipinski definition) is 2. The number of carbonyl (C=O) groups is 1. The lowest BCUT2D eigenvalue weighted by Gasteiger charge is -2.09. The summed E-state index contributed by atoms with van der Waals surface area (Å²) in [5.74, 6) is -0.146. The number of H-pyrrole nitrogens is 1. The van der Waals surface area contributed by atoms with Crippen molar-refractivity contribution in [2.45, 2.75) is 0 Å². The molecule has 0 aliphatic heterocycles. The van der Waals surface area contributed by atoms with Crippen molar-refractivity contribution in [1.29, 1.82) is 0 Å². The van der Waals surface area contributed by atoms with Gasteiger partial charge < -0.3 is 15.0 Å². The predicted molar refractivity (Wildman–Crippen MR) is 104 cm³/mol. The minimum atomic E-state index is -0.769. The number of benzene rings is 2. The number of aromatic amines is 1. The summed E-state index contributed by atoms with van der Waals surface area (Å²) in [4.78, 5) is 39.7. The molecule has 1 amide bonds. The number of carbonyl (C=O) groups excluding carboxylic acids is 1. The van der Waals surface area contributed by atoms with Crippen LogP contribution in [0.5, 0.6) is 5.75 Å². The molecule has 0 bridgehead atoms. The highest BCUT2D eigenvalue weighted by molar-refractivity contribution is 6.35. The summed E-state index contributed by atoms with van der Waals surface area (Å²) in [7, 11) is 1.50. The summed E-state index contributed by atoms with van der Waals surface area (Å²) in [6.07, 6.45) is 1.06. The van der Waals surface area contributed by atoms with Crippen LogP contribution in [-0.4, -0.2) is 22.6 Å². The minimum Gasteiger partial charge on any atom is -0.497 e. The number of nitrogens with one attached hydrogen (secondary N) is 2. The molecule has 138 valence electrons. The number of rotatable bonds is 4. The molecule has 2 N–H and O–H groups in total. The number of ether oxygens (including phenoxy) is 1. The second-order valence-corrected chi connectivity index (χ2v) is 6.33. The molecule has 0 saturated heterocycles. The summed E-state index contributed by atoms with van der Waals surface area (Å²) >= 11 is 11.8. The van der Waals surface area contributed by atoms with E-state index in [1.54, 1.807) is 12.1 Å². The number of nitrogens with zero attached hydrogens (tertiary/aromatic N) is 1. The molecule has 0 aliphatic carbocycles. The van der Waals surface area contributed by atoms with Gasteiger partial charge in [0.25, 0.3) is 11.5 Å². The van der Waals surface area contributed by atoms with Crippen molar-refractivity contribution in [3.63, 3.8) is 0 Å². The number of amides is 1. The van der Waals surface area contributed by atoms with Crippen molar-refractivity contribution in [2.24, 2.45) is 0 Å². The maximum atomic E-state index is 12.7. The van der Waals surface area contributed by atoms with Crippen LogP contribution < -0.4 is 21.3 Å². The van der Waals surface area contributed by atoms with Gasteiger partial charge in [0.15, 0.2) is 0 Å². The summed E-state index contributed by atoms with van der Waals surface area (Å²) in [5, 5.41) is 3.19. The van der Waals surface area contributed by atoms with E-state index in [9.17, 15) is 14.4 Å². The van der Waals surface area contributed by atoms with Gasteiger partial charge in [-0.1, -0.05) is 23.2 Å². The van der Waals surface area contributed by atoms with Gasteiger partial charge >= 0.3 is 5.69 Å². The fourth-order valence-electron chi connectivity index (χ4n) is 2.43. The molecule has 2 aromatic carbocycles. The van der Waals surface area contributed by atoms with Gasteiger partial charge in [-0.05, 0) is 42.5 Å². The first-order valence-electron chi connectivity index (χ1n) is 7.65.